The van der Waals surface area contributed by atoms with Crippen LogP contribution in [-0.4, -0.2) is 9.78 Å². The molecule has 3 nitrogen and oxygen atoms in total. The highest BCUT2D eigenvalue weighted by molar-refractivity contribution is 5.29. The Morgan fingerprint density at radius 2 is 2.46 bits per heavy atom. The van der Waals surface area contributed by atoms with Crippen molar-refractivity contribution in [3.8, 4) is 18.4 Å². The van der Waals surface area contributed by atoms with Crippen LogP contribution in [0.4, 0.5) is 0 Å². The highest BCUT2D eigenvalue weighted by atomic mass is 15.3. The molecule has 0 unspecified atom stereocenters. The monoisotopic (exact) mass is 173 g/mol. The average Bonchev–Trinajstić information content (AvgIpc) is 2.47. The summed E-state index contributed by atoms with van der Waals surface area (Å²) in [7, 11) is 0. The van der Waals surface area contributed by atoms with Crippen molar-refractivity contribution in [1.82, 2.24) is 9.78 Å². The molecular weight excluding hydrogens is 162 g/mol. The second-order valence-corrected chi connectivity index (χ2v) is 2.81. The van der Waals surface area contributed by atoms with Gasteiger partial charge in [0, 0.05) is 19.2 Å². The molecule has 3 heteroatoms. The van der Waals surface area contributed by atoms with Crippen molar-refractivity contribution in [2.45, 2.75) is 26.3 Å². The number of nitrogens with zero attached hydrogens (tertiary/aromatic N) is 3. The Balaban J connectivity index is 2.60. The third kappa shape index (κ3) is 2.35. The standard InChI is InChI=1S/C10H11N3/c1-3-4-5-6-13-8-10(7-11)9(2)12-13/h1,8H,4-6H2,2H3. The Morgan fingerprint density at radius 1 is 1.69 bits per heavy atom. The van der Waals surface area contributed by atoms with E-state index in [0.29, 0.717) is 5.56 Å². The summed E-state index contributed by atoms with van der Waals surface area (Å²) in [6.07, 6.45) is 8.53. The third-order valence-corrected chi connectivity index (χ3v) is 1.78. The molecule has 0 aromatic carbocycles. The highest BCUT2D eigenvalue weighted by Crippen LogP contribution is 2.04. The van der Waals surface area contributed by atoms with Crippen molar-refractivity contribution in [3.05, 3.63) is 17.5 Å². The van der Waals surface area contributed by atoms with Gasteiger partial charge in [0.25, 0.3) is 0 Å². The van der Waals surface area contributed by atoms with Crippen LogP contribution in [0.3, 0.4) is 0 Å². The molecule has 0 atom stereocenters. The fourth-order valence-corrected chi connectivity index (χ4v) is 1.09. The number of aromatic nitrogens is 2. The number of hydrogen-bond donors (Lipinski definition) is 0. The SMILES string of the molecule is C#CCCCn1cc(C#N)c(C)n1. The lowest BCUT2D eigenvalue weighted by atomic mass is 10.3. The van der Waals surface area contributed by atoms with Crippen molar-refractivity contribution in [3.63, 3.8) is 0 Å². The van der Waals surface area contributed by atoms with Gasteiger partial charge in [0.15, 0.2) is 0 Å². The van der Waals surface area contributed by atoms with Gasteiger partial charge >= 0.3 is 0 Å². The fraction of sp³-hybridized carbons (Fsp3) is 0.400. The summed E-state index contributed by atoms with van der Waals surface area (Å²) in [5, 5.41) is 12.8. The zero-order valence-electron chi connectivity index (χ0n) is 7.62. The predicted molar refractivity (Wildman–Crippen MR) is 49.7 cm³/mol. The molecule has 1 aromatic rings. The Bertz CT molecular complexity index is 363. The zero-order chi connectivity index (χ0) is 9.68. The van der Waals surface area contributed by atoms with Crippen LogP contribution < -0.4 is 0 Å². The number of nitriles is 1. The van der Waals surface area contributed by atoms with E-state index in [4.69, 9.17) is 11.7 Å². The zero-order valence-corrected chi connectivity index (χ0v) is 7.62. The Morgan fingerprint density at radius 3 is 3.00 bits per heavy atom. The lowest BCUT2D eigenvalue weighted by molar-refractivity contribution is 0.583. The van der Waals surface area contributed by atoms with Gasteiger partial charge in [-0.05, 0) is 13.3 Å². The third-order valence-electron chi connectivity index (χ3n) is 1.78. The van der Waals surface area contributed by atoms with Gasteiger partial charge < -0.3 is 0 Å². The normalized spacial score (nSPS) is 9.15. The number of aryl methyl sites for hydroxylation is 2. The molecule has 0 saturated heterocycles. The van der Waals surface area contributed by atoms with Gasteiger partial charge in [0.1, 0.15) is 6.07 Å². The maximum atomic E-state index is 8.67. The molecule has 1 rings (SSSR count). The van der Waals surface area contributed by atoms with E-state index in [-0.39, 0.29) is 0 Å². The first-order valence-corrected chi connectivity index (χ1v) is 4.15. The molecule has 13 heavy (non-hydrogen) atoms. The van der Waals surface area contributed by atoms with Gasteiger partial charge in [-0.15, -0.1) is 12.3 Å². The molecule has 66 valence electrons. The molecule has 0 aliphatic carbocycles. The van der Waals surface area contributed by atoms with Crippen molar-refractivity contribution < 1.29 is 0 Å². The van der Waals surface area contributed by atoms with Gasteiger partial charge in [-0.25, -0.2) is 0 Å². The molecule has 0 spiro atoms. The molecule has 1 aromatic heterocycles. The van der Waals surface area contributed by atoms with Gasteiger partial charge in [0.05, 0.1) is 11.3 Å². The molecule has 1 heterocycles. The largest absolute Gasteiger partial charge is 0.271 e. The first-order chi connectivity index (χ1) is 6.27. The second-order valence-electron chi connectivity index (χ2n) is 2.81. The first-order valence-electron chi connectivity index (χ1n) is 4.15. The topological polar surface area (TPSA) is 41.6 Å². The minimum absolute atomic E-state index is 0.640. The minimum Gasteiger partial charge on any atom is -0.271 e. The molecule has 0 radical (unpaired) electrons. The molecule has 0 fully saturated rings. The summed E-state index contributed by atoms with van der Waals surface area (Å²) >= 11 is 0. The van der Waals surface area contributed by atoms with E-state index in [1.807, 2.05) is 6.92 Å². The van der Waals surface area contributed by atoms with Crippen molar-refractivity contribution in [2.24, 2.45) is 0 Å². The summed E-state index contributed by atoms with van der Waals surface area (Å²) in [5.74, 6) is 2.57. The molecular formula is C10H11N3. The molecule has 0 saturated carbocycles. The smallest absolute Gasteiger partial charge is 0.103 e. The summed E-state index contributed by atoms with van der Waals surface area (Å²) in [6.45, 7) is 2.61. The van der Waals surface area contributed by atoms with E-state index in [1.165, 1.54) is 0 Å². The highest BCUT2D eigenvalue weighted by Gasteiger charge is 2.02. The van der Waals surface area contributed by atoms with E-state index < -0.39 is 0 Å². The van der Waals surface area contributed by atoms with Crippen LogP contribution in [0.15, 0.2) is 6.20 Å². The van der Waals surface area contributed by atoms with Gasteiger partial charge in [-0.3, -0.25) is 4.68 Å². The molecule has 0 aliphatic rings. The number of unbranched alkanes of at least 4 members (excludes halogenated alkanes) is 1. The lowest BCUT2D eigenvalue weighted by Gasteiger charge is -1.96. The Hall–Kier alpha value is -1.74. The maximum absolute atomic E-state index is 8.67. The second kappa shape index (κ2) is 4.33. The predicted octanol–water partition coefficient (Wildman–Crippen LogP) is 1.48. The number of rotatable bonds is 3. The van der Waals surface area contributed by atoms with Gasteiger partial charge in [-0.1, -0.05) is 0 Å². The van der Waals surface area contributed by atoms with E-state index in [0.717, 1.165) is 25.1 Å². The van der Waals surface area contributed by atoms with Crippen molar-refractivity contribution >= 4 is 0 Å². The van der Waals surface area contributed by atoms with Crippen molar-refractivity contribution in [1.29, 1.82) is 5.26 Å². The summed E-state index contributed by atoms with van der Waals surface area (Å²) in [5.41, 5.74) is 1.42. The van der Waals surface area contributed by atoms with Crippen LogP contribution >= 0.6 is 0 Å². The summed E-state index contributed by atoms with van der Waals surface area (Å²) in [4.78, 5) is 0. The van der Waals surface area contributed by atoms with Crippen LogP contribution in [0.2, 0.25) is 0 Å². The molecule has 0 aliphatic heterocycles. The number of hydrogen-bond acceptors (Lipinski definition) is 2. The fourth-order valence-electron chi connectivity index (χ4n) is 1.09. The van der Waals surface area contributed by atoms with Crippen molar-refractivity contribution in [2.75, 3.05) is 0 Å². The molecule has 0 N–H and O–H groups in total. The minimum atomic E-state index is 0.640. The van der Waals surface area contributed by atoms with Gasteiger partial charge in [0.2, 0.25) is 0 Å². The van der Waals surface area contributed by atoms with E-state index in [2.05, 4.69) is 17.1 Å². The van der Waals surface area contributed by atoms with E-state index in [9.17, 15) is 0 Å². The van der Waals surface area contributed by atoms with Crippen LogP contribution in [0.1, 0.15) is 24.1 Å². The quantitative estimate of drug-likeness (QED) is 0.513. The molecule has 0 bridgehead atoms. The first kappa shape index (κ1) is 9.35. The lowest BCUT2D eigenvalue weighted by Crippen LogP contribution is -1.97. The van der Waals surface area contributed by atoms with Crippen LogP contribution in [0.25, 0.3) is 0 Å². The van der Waals surface area contributed by atoms with Crippen LogP contribution in [0.5, 0.6) is 0 Å². The van der Waals surface area contributed by atoms with Crippen LogP contribution in [-0.2, 0) is 6.54 Å². The maximum Gasteiger partial charge on any atom is 0.103 e. The van der Waals surface area contributed by atoms with E-state index in [1.54, 1.807) is 10.9 Å². The average molecular weight is 173 g/mol. The molecule has 0 amide bonds. The van der Waals surface area contributed by atoms with Crippen LogP contribution in [0, 0.1) is 30.6 Å². The summed E-state index contributed by atoms with van der Waals surface area (Å²) < 4.78 is 1.77. The Kier molecular flexibility index (Phi) is 3.11. The number of terminal acetylenes is 1. The Labute approximate surface area is 78.0 Å². The summed E-state index contributed by atoms with van der Waals surface area (Å²) in [6, 6.07) is 2.08. The van der Waals surface area contributed by atoms with E-state index >= 15 is 0 Å². The van der Waals surface area contributed by atoms with Gasteiger partial charge in [-0.2, -0.15) is 10.4 Å².